The Hall–Kier alpha value is -1.36. The lowest BCUT2D eigenvalue weighted by molar-refractivity contribution is 0.0302. The summed E-state index contributed by atoms with van der Waals surface area (Å²) in [5.41, 5.74) is 5.64. The van der Waals surface area contributed by atoms with Crippen molar-refractivity contribution in [1.29, 1.82) is 0 Å². The summed E-state index contributed by atoms with van der Waals surface area (Å²) in [5.74, 6) is 1.45. The van der Waals surface area contributed by atoms with Crippen LogP contribution in [0.2, 0.25) is 0 Å². The van der Waals surface area contributed by atoms with Crippen molar-refractivity contribution in [2.75, 3.05) is 23.7 Å². The molecule has 2 fully saturated rings. The van der Waals surface area contributed by atoms with Gasteiger partial charge in [0, 0.05) is 19.2 Å². The van der Waals surface area contributed by atoms with Crippen molar-refractivity contribution >= 4 is 11.6 Å². The molecule has 2 aliphatic rings. The molecule has 3 heterocycles. The molecule has 2 atom stereocenters. The Morgan fingerprint density at radius 1 is 1.27 bits per heavy atom. The van der Waals surface area contributed by atoms with Crippen LogP contribution < -0.4 is 10.6 Å². The quantitative estimate of drug-likeness (QED) is 0.721. The fourth-order valence-electron chi connectivity index (χ4n) is 2.34. The first-order chi connectivity index (χ1) is 7.31. The zero-order chi connectivity index (χ0) is 10.3. The highest BCUT2D eigenvalue weighted by molar-refractivity contribution is 5.46. The van der Waals surface area contributed by atoms with Crippen LogP contribution in [-0.2, 0) is 4.74 Å². The molecule has 2 unspecified atom stereocenters. The van der Waals surface area contributed by atoms with E-state index in [1.54, 1.807) is 0 Å². The van der Waals surface area contributed by atoms with Gasteiger partial charge >= 0.3 is 0 Å². The van der Waals surface area contributed by atoms with E-state index in [1.165, 1.54) is 19.2 Å². The van der Waals surface area contributed by atoms with Crippen molar-refractivity contribution in [3.8, 4) is 0 Å². The maximum atomic E-state index is 5.76. The van der Waals surface area contributed by atoms with Gasteiger partial charge in [0.05, 0.1) is 12.2 Å². The summed E-state index contributed by atoms with van der Waals surface area (Å²) in [5, 5.41) is 0. The van der Waals surface area contributed by atoms with E-state index < -0.39 is 0 Å². The third kappa shape index (κ3) is 1.63. The standard InChI is InChI=1S/C10H14N4O/c11-9-3-10(13-6-12-9)14-4-7-1-2-8(5-14)15-7/h3,6-8H,1-2,4-5H2,(H2,11,12,13). The van der Waals surface area contributed by atoms with Gasteiger partial charge in [-0.25, -0.2) is 9.97 Å². The Kier molecular flexibility index (Phi) is 1.98. The number of fused-ring (bicyclic) bond motifs is 2. The van der Waals surface area contributed by atoms with E-state index in [0.29, 0.717) is 18.0 Å². The molecule has 0 spiro atoms. The van der Waals surface area contributed by atoms with E-state index >= 15 is 0 Å². The van der Waals surface area contributed by atoms with Crippen molar-refractivity contribution in [1.82, 2.24) is 9.97 Å². The van der Waals surface area contributed by atoms with Gasteiger partial charge in [-0.2, -0.15) is 0 Å². The van der Waals surface area contributed by atoms with E-state index in [0.717, 1.165) is 18.9 Å². The highest BCUT2D eigenvalue weighted by Gasteiger charge is 2.34. The van der Waals surface area contributed by atoms with Gasteiger partial charge in [0.15, 0.2) is 0 Å². The van der Waals surface area contributed by atoms with Gasteiger partial charge in [-0.1, -0.05) is 0 Å². The van der Waals surface area contributed by atoms with Crippen LogP contribution in [0.5, 0.6) is 0 Å². The van der Waals surface area contributed by atoms with E-state index in [-0.39, 0.29) is 0 Å². The lowest BCUT2D eigenvalue weighted by atomic mass is 10.2. The second-order valence-corrected chi connectivity index (χ2v) is 4.16. The van der Waals surface area contributed by atoms with Crippen LogP contribution in [0.3, 0.4) is 0 Å². The molecule has 0 amide bonds. The molecule has 2 bridgehead atoms. The molecule has 1 aromatic rings. The summed E-state index contributed by atoms with van der Waals surface area (Å²) in [6, 6.07) is 1.82. The van der Waals surface area contributed by atoms with Crippen molar-refractivity contribution in [2.24, 2.45) is 0 Å². The molecule has 0 saturated carbocycles. The molecule has 2 N–H and O–H groups in total. The number of ether oxygens (including phenoxy) is 1. The molecule has 0 aliphatic carbocycles. The predicted octanol–water partition coefficient (Wildman–Crippen LogP) is 0.426. The monoisotopic (exact) mass is 206 g/mol. The number of rotatable bonds is 1. The second-order valence-electron chi connectivity index (χ2n) is 4.16. The van der Waals surface area contributed by atoms with Crippen LogP contribution in [0, 0.1) is 0 Å². The van der Waals surface area contributed by atoms with Crippen molar-refractivity contribution in [2.45, 2.75) is 25.0 Å². The summed E-state index contributed by atoms with van der Waals surface area (Å²) in [7, 11) is 0. The predicted molar refractivity (Wildman–Crippen MR) is 56.6 cm³/mol. The van der Waals surface area contributed by atoms with Gasteiger partial charge in [0.25, 0.3) is 0 Å². The number of aromatic nitrogens is 2. The number of hydrogen-bond donors (Lipinski definition) is 1. The lowest BCUT2D eigenvalue weighted by Gasteiger charge is -2.32. The highest BCUT2D eigenvalue weighted by atomic mass is 16.5. The van der Waals surface area contributed by atoms with E-state index in [4.69, 9.17) is 10.5 Å². The number of morpholine rings is 1. The zero-order valence-electron chi connectivity index (χ0n) is 8.47. The van der Waals surface area contributed by atoms with E-state index in [2.05, 4.69) is 14.9 Å². The maximum absolute atomic E-state index is 5.76. The summed E-state index contributed by atoms with van der Waals surface area (Å²) in [6.07, 6.45) is 4.60. The van der Waals surface area contributed by atoms with E-state index in [9.17, 15) is 0 Å². The molecule has 5 nitrogen and oxygen atoms in total. The third-order valence-corrected chi connectivity index (χ3v) is 3.04. The Balaban J connectivity index is 1.83. The molecule has 15 heavy (non-hydrogen) atoms. The summed E-state index contributed by atoms with van der Waals surface area (Å²) < 4.78 is 5.76. The minimum absolute atomic E-state index is 0.375. The van der Waals surface area contributed by atoms with Crippen molar-refractivity contribution in [3.05, 3.63) is 12.4 Å². The minimum Gasteiger partial charge on any atom is -0.384 e. The molecular weight excluding hydrogens is 192 g/mol. The van der Waals surface area contributed by atoms with E-state index in [1.807, 2.05) is 6.07 Å². The lowest BCUT2D eigenvalue weighted by Crippen LogP contribution is -2.43. The van der Waals surface area contributed by atoms with Gasteiger partial charge in [-0.15, -0.1) is 0 Å². The number of nitrogen functional groups attached to an aromatic ring is 1. The first kappa shape index (κ1) is 8.91. The Morgan fingerprint density at radius 3 is 2.67 bits per heavy atom. The molecule has 3 rings (SSSR count). The number of nitrogens with two attached hydrogens (primary N) is 1. The Morgan fingerprint density at radius 2 is 2.00 bits per heavy atom. The molecule has 2 saturated heterocycles. The minimum atomic E-state index is 0.375. The fraction of sp³-hybridized carbons (Fsp3) is 0.600. The van der Waals surface area contributed by atoms with Gasteiger partial charge in [0.2, 0.25) is 0 Å². The summed E-state index contributed by atoms with van der Waals surface area (Å²) in [6.45, 7) is 1.85. The first-order valence-electron chi connectivity index (χ1n) is 5.29. The topological polar surface area (TPSA) is 64.3 Å². The molecular formula is C10H14N4O. The molecule has 80 valence electrons. The fourth-order valence-corrected chi connectivity index (χ4v) is 2.34. The van der Waals surface area contributed by atoms with Crippen LogP contribution in [0.1, 0.15) is 12.8 Å². The first-order valence-corrected chi connectivity index (χ1v) is 5.29. The van der Waals surface area contributed by atoms with Gasteiger partial charge in [-0.3, -0.25) is 0 Å². The number of nitrogens with zero attached hydrogens (tertiary/aromatic N) is 3. The molecule has 5 heteroatoms. The average Bonchev–Trinajstić information content (AvgIpc) is 2.58. The van der Waals surface area contributed by atoms with Crippen LogP contribution in [0.4, 0.5) is 11.6 Å². The average molecular weight is 206 g/mol. The normalized spacial score (nSPS) is 29.5. The number of hydrogen-bond acceptors (Lipinski definition) is 5. The smallest absolute Gasteiger partial charge is 0.134 e. The molecule has 1 aromatic heterocycles. The number of anilines is 2. The Bertz CT molecular complexity index is 358. The van der Waals surface area contributed by atoms with Crippen molar-refractivity contribution in [3.63, 3.8) is 0 Å². The second kappa shape index (κ2) is 3.34. The van der Waals surface area contributed by atoms with Gasteiger partial charge in [-0.05, 0) is 12.8 Å². The molecule has 2 aliphatic heterocycles. The van der Waals surface area contributed by atoms with Gasteiger partial charge < -0.3 is 15.4 Å². The zero-order valence-corrected chi connectivity index (χ0v) is 8.47. The Labute approximate surface area is 88.3 Å². The maximum Gasteiger partial charge on any atom is 0.134 e. The van der Waals surface area contributed by atoms with Crippen LogP contribution in [-0.4, -0.2) is 35.3 Å². The SMILES string of the molecule is Nc1cc(N2CC3CCC(C2)O3)ncn1. The largest absolute Gasteiger partial charge is 0.384 e. The summed E-state index contributed by atoms with van der Waals surface area (Å²) in [4.78, 5) is 10.4. The van der Waals surface area contributed by atoms with Crippen molar-refractivity contribution < 1.29 is 4.74 Å². The highest BCUT2D eigenvalue weighted by Crippen LogP contribution is 2.28. The van der Waals surface area contributed by atoms with Gasteiger partial charge in [0.1, 0.15) is 18.0 Å². The third-order valence-electron chi connectivity index (χ3n) is 3.04. The van der Waals surface area contributed by atoms with Crippen LogP contribution >= 0.6 is 0 Å². The van der Waals surface area contributed by atoms with Crippen LogP contribution in [0.25, 0.3) is 0 Å². The summed E-state index contributed by atoms with van der Waals surface area (Å²) >= 11 is 0. The molecule has 0 radical (unpaired) electrons. The molecule has 0 aromatic carbocycles. The van der Waals surface area contributed by atoms with Crippen LogP contribution in [0.15, 0.2) is 12.4 Å².